The van der Waals surface area contributed by atoms with E-state index in [1.807, 2.05) is 5.32 Å². The van der Waals surface area contributed by atoms with Crippen LogP contribution < -0.4 is 10.6 Å². The van der Waals surface area contributed by atoms with Crippen LogP contribution in [0.15, 0.2) is 0 Å². The van der Waals surface area contributed by atoms with Gasteiger partial charge in [0.15, 0.2) is 6.10 Å². The summed E-state index contributed by atoms with van der Waals surface area (Å²) >= 11 is 0. The highest BCUT2D eigenvalue weighted by atomic mass is 19.4. The lowest BCUT2D eigenvalue weighted by atomic mass is 10.1. The van der Waals surface area contributed by atoms with Gasteiger partial charge in [-0.25, -0.2) is 0 Å². The van der Waals surface area contributed by atoms with Gasteiger partial charge in [-0.1, -0.05) is 0 Å². The summed E-state index contributed by atoms with van der Waals surface area (Å²) in [6.07, 6.45) is -7.02. The number of piperidine rings is 1. The summed E-state index contributed by atoms with van der Waals surface area (Å²) in [5.41, 5.74) is 0. The van der Waals surface area contributed by atoms with Crippen LogP contribution in [0.2, 0.25) is 0 Å². The lowest BCUT2D eigenvalue weighted by Crippen LogP contribution is -2.53. The molecule has 0 aromatic rings. The Balaban J connectivity index is 2.38. The number of halogens is 3. The first-order chi connectivity index (χ1) is 7.30. The third-order valence-corrected chi connectivity index (χ3v) is 2.17. The van der Waals surface area contributed by atoms with Crippen molar-refractivity contribution in [3.8, 4) is 0 Å². The van der Waals surface area contributed by atoms with Gasteiger partial charge in [-0.3, -0.25) is 14.9 Å². The molecule has 8 heteroatoms. The molecule has 92 valence electrons. The number of alkyl halides is 3. The molecule has 0 aromatic carbocycles. The van der Waals surface area contributed by atoms with E-state index in [9.17, 15) is 22.8 Å². The molecule has 0 aliphatic carbocycles. The molecule has 0 bridgehead atoms. The van der Waals surface area contributed by atoms with Crippen LogP contribution in [0, 0.1) is 0 Å². The molecule has 0 spiro atoms. The zero-order chi connectivity index (χ0) is 12.3. The summed E-state index contributed by atoms with van der Waals surface area (Å²) in [5.74, 6) is -1.11. The molecule has 1 aliphatic rings. The molecule has 2 amide bonds. The van der Waals surface area contributed by atoms with Crippen LogP contribution in [0.5, 0.6) is 0 Å². The van der Waals surface area contributed by atoms with Gasteiger partial charge in [-0.05, 0) is 6.42 Å². The lowest BCUT2D eigenvalue weighted by Gasteiger charge is -2.23. The molecular weight excluding hydrogens is 229 g/mol. The Bertz CT molecular complexity index is 293. The molecule has 5 nitrogen and oxygen atoms in total. The number of hydrogen-bond acceptors (Lipinski definition) is 4. The summed E-state index contributed by atoms with van der Waals surface area (Å²) in [7, 11) is 0. The number of rotatable bonds is 3. The zero-order valence-electron chi connectivity index (χ0n) is 8.17. The van der Waals surface area contributed by atoms with E-state index in [1.165, 1.54) is 0 Å². The second-order valence-electron chi connectivity index (χ2n) is 3.47. The second-order valence-corrected chi connectivity index (χ2v) is 3.47. The monoisotopic (exact) mass is 240 g/mol. The SMILES string of the molecule is O=C1CCC(NCC(O)C(F)(F)F)C(=O)N1. The van der Waals surface area contributed by atoms with Crippen molar-refractivity contribution in [1.82, 2.24) is 10.6 Å². The van der Waals surface area contributed by atoms with Crippen LogP contribution in [0.4, 0.5) is 13.2 Å². The maximum absolute atomic E-state index is 11.9. The van der Waals surface area contributed by atoms with Gasteiger partial charge in [0.1, 0.15) is 0 Å². The van der Waals surface area contributed by atoms with Crippen molar-refractivity contribution >= 4 is 11.8 Å². The maximum atomic E-state index is 11.9. The molecule has 2 unspecified atom stereocenters. The Morgan fingerprint density at radius 3 is 2.62 bits per heavy atom. The minimum absolute atomic E-state index is 0.0749. The third-order valence-electron chi connectivity index (χ3n) is 2.17. The first-order valence-corrected chi connectivity index (χ1v) is 4.62. The number of carbonyl (C=O) groups excluding carboxylic acids is 2. The van der Waals surface area contributed by atoms with Gasteiger partial charge in [0.25, 0.3) is 0 Å². The fourth-order valence-electron chi connectivity index (χ4n) is 1.26. The number of nitrogens with one attached hydrogen (secondary N) is 2. The van der Waals surface area contributed by atoms with Crippen molar-refractivity contribution in [2.75, 3.05) is 6.54 Å². The van der Waals surface area contributed by atoms with E-state index in [2.05, 4.69) is 5.32 Å². The summed E-state index contributed by atoms with van der Waals surface area (Å²) in [6.45, 7) is -0.768. The van der Waals surface area contributed by atoms with E-state index in [0.717, 1.165) is 0 Å². The normalized spacial score (nSPS) is 24.1. The smallest absolute Gasteiger partial charge is 0.382 e. The standard InChI is InChI=1S/C8H11F3N2O3/c9-8(10,11)5(14)3-12-4-1-2-6(15)13-7(4)16/h4-5,12,14H,1-3H2,(H,13,15,16). The van der Waals surface area contributed by atoms with Crippen molar-refractivity contribution in [3.05, 3.63) is 0 Å². The molecule has 3 N–H and O–H groups in total. The Labute approximate surface area is 89.0 Å². The minimum atomic E-state index is -4.71. The average Bonchev–Trinajstić information content (AvgIpc) is 2.14. The molecule has 0 radical (unpaired) electrons. The highest BCUT2D eigenvalue weighted by molar-refractivity contribution is 6.00. The molecule has 1 fully saturated rings. The van der Waals surface area contributed by atoms with Crippen molar-refractivity contribution in [1.29, 1.82) is 0 Å². The highest BCUT2D eigenvalue weighted by Crippen LogP contribution is 2.19. The van der Waals surface area contributed by atoms with Crippen LogP contribution in [-0.2, 0) is 9.59 Å². The number of hydrogen-bond donors (Lipinski definition) is 3. The van der Waals surface area contributed by atoms with Crippen molar-refractivity contribution in [2.24, 2.45) is 0 Å². The number of aliphatic hydroxyl groups excluding tert-OH is 1. The van der Waals surface area contributed by atoms with Crippen LogP contribution in [0.25, 0.3) is 0 Å². The molecule has 16 heavy (non-hydrogen) atoms. The first kappa shape index (κ1) is 12.9. The molecule has 0 aromatic heterocycles. The van der Waals surface area contributed by atoms with Gasteiger partial charge < -0.3 is 10.4 Å². The largest absolute Gasteiger partial charge is 0.415 e. The Hall–Kier alpha value is -1.15. The van der Waals surface area contributed by atoms with Crippen molar-refractivity contribution < 1.29 is 27.9 Å². The summed E-state index contributed by atoms with van der Waals surface area (Å²) in [4.78, 5) is 21.8. The molecule has 1 rings (SSSR count). The fourth-order valence-corrected chi connectivity index (χ4v) is 1.26. The van der Waals surface area contributed by atoms with E-state index < -0.39 is 36.7 Å². The van der Waals surface area contributed by atoms with E-state index in [1.54, 1.807) is 0 Å². The van der Waals surface area contributed by atoms with Gasteiger partial charge in [0, 0.05) is 13.0 Å². The van der Waals surface area contributed by atoms with E-state index >= 15 is 0 Å². The van der Waals surface area contributed by atoms with Gasteiger partial charge in [-0.15, -0.1) is 0 Å². The Morgan fingerprint density at radius 1 is 1.50 bits per heavy atom. The fraction of sp³-hybridized carbons (Fsp3) is 0.750. The summed E-state index contributed by atoms with van der Waals surface area (Å²) in [5, 5.41) is 12.9. The topological polar surface area (TPSA) is 78.4 Å². The molecule has 0 saturated carbocycles. The number of aliphatic hydroxyl groups is 1. The molecule has 1 saturated heterocycles. The quantitative estimate of drug-likeness (QED) is 0.570. The van der Waals surface area contributed by atoms with E-state index in [0.29, 0.717) is 0 Å². The zero-order valence-corrected chi connectivity index (χ0v) is 8.17. The number of imide groups is 1. The van der Waals surface area contributed by atoms with Gasteiger partial charge in [-0.2, -0.15) is 13.2 Å². The number of amides is 2. The van der Waals surface area contributed by atoms with Gasteiger partial charge in [0.05, 0.1) is 6.04 Å². The lowest BCUT2D eigenvalue weighted by molar-refractivity contribution is -0.202. The van der Waals surface area contributed by atoms with Crippen LogP contribution in [-0.4, -0.2) is 41.8 Å². The molecular formula is C8H11F3N2O3. The van der Waals surface area contributed by atoms with Gasteiger partial charge >= 0.3 is 6.18 Å². The third kappa shape index (κ3) is 3.46. The average molecular weight is 240 g/mol. The van der Waals surface area contributed by atoms with Crippen molar-refractivity contribution in [3.63, 3.8) is 0 Å². The first-order valence-electron chi connectivity index (χ1n) is 4.62. The number of carbonyl (C=O) groups is 2. The second kappa shape index (κ2) is 4.79. The van der Waals surface area contributed by atoms with Crippen LogP contribution in [0.1, 0.15) is 12.8 Å². The molecule has 2 atom stereocenters. The van der Waals surface area contributed by atoms with Gasteiger partial charge in [0.2, 0.25) is 11.8 Å². The minimum Gasteiger partial charge on any atom is -0.382 e. The van der Waals surface area contributed by atoms with E-state index in [-0.39, 0.29) is 12.8 Å². The molecule has 1 aliphatic heterocycles. The highest BCUT2D eigenvalue weighted by Gasteiger charge is 2.38. The van der Waals surface area contributed by atoms with Crippen LogP contribution >= 0.6 is 0 Å². The van der Waals surface area contributed by atoms with Crippen LogP contribution in [0.3, 0.4) is 0 Å². The summed E-state index contributed by atoms with van der Waals surface area (Å²) < 4.78 is 35.8. The maximum Gasteiger partial charge on any atom is 0.415 e. The van der Waals surface area contributed by atoms with Crippen molar-refractivity contribution in [2.45, 2.75) is 31.2 Å². The Morgan fingerprint density at radius 2 is 2.12 bits per heavy atom. The predicted octanol–water partition coefficient (Wildman–Crippen LogP) is -0.696. The predicted molar refractivity (Wildman–Crippen MR) is 46.2 cm³/mol. The summed E-state index contributed by atoms with van der Waals surface area (Å²) in [6, 6.07) is -0.866. The molecule has 1 heterocycles. The van der Waals surface area contributed by atoms with E-state index in [4.69, 9.17) is 5.11 Å². The Kier molecular flexibility index (Phi) is 3.87.